The minimum absolute atomic E-state index is 0.136. The van der Waals surface area contributed by atoms with Gasteiger partial charge in [-0.2, -0.15) is 5.10 Å². The van der Waals surface area contributed by atoms with Gasteiger partial charge in [0.2, 0.25) is 0 Å². The molecule has 146 valence electrons. The van der Waals surface area contributed by atoms with E-state index in [4.69, 9.17) is 4.98 Å². The fourth-order valence-corrected chi connectivity index (χ4v) is 4.42. The fourth-order valence-electron chi connectivity index (χ4n) is 4.42. The average molecular weight is 385 g/mol. The molecule has 6 heteroatoms. The molecule has 0 radical (unpaired) electrons. The van der Waals surface area contributed by atoms with E-state index in [1.807, 2.05) is 22.9 Å². The maximum absolute atomic E-state index is 12.6. The summed E-state index contributed by atoms with van der Waals surface area (Å²) in [4.78, 5) is 24.6. The molecular weight excluding hydrogens is 362 g/mol. The Bertz CT molecular complexity index is 1170. The number of H-pyrrole nitrogens is 1. The van der Waals surface area contributed by atoms with Crippen molar-refractivity contribution in [3.8, 4) is 0 Å². The first kappa shape index (κ1) is 17.8. The summed E-state index contributed by atoms with van der Waals surface area (Å²) in [5.74, 6) is 1.14. The molecule has 3 aromatic heterocycles. The summed E-state index contributed by atoms with van der Waals surface area (Å²) in [7, 11) is 0. The van der Waals surface area contributed by atoms with Crippen LogP contribution in [0.2, 0.25) is 0 Å². The Morgan fingerprint density at radius 2 is 1.93 bits per heavy atom. The number of fused-ring (bicyclic) bond motifs is 1. The van der Waals surface area contributed by atoms with Gasteiger partial charge in [-0.3, -0.25) is 9.78 Å². The van der Waals surface area contributed by atoms with E-state index >= 15 is 0 Å². The summed E-state index contributed by atoms with van der Waals surface area (Å²) in [6, 6.07) is 16.7. The van der Waals surface area contributed by atoms with Crippen LogP contribution in [-0.4, -0.2) is 24.7 Å². The van der Waals surface area contributed by atoms with E-state index in [2.05, 4.69) is 45.4 Å². The van der Waals surface area contributed by atoms with Crippen LogP contribution in [0.5, 0.6) is 0 Å². The third-order valence-electron chi connectivity index (χ3n) is 5.85. The Labute approximate surface area is 168 Å². The van der Waals surface area contributed by atoms with Gasteiger partial charge in [0.15, 0.2) is 5.65 Å². The smallest absolute Gasteiger partial charge is 0.262 e. The number of rotatable bonds is 4. The van der Waals surface area contributed by atoms with Gasteiger partial charge >= 0.3 is 0 Å². The van der Waals surface area contributed by atoms with Crippen molar-refractivity contribution >= 4 is 11.0 Å². The molecule has 0 saturated heterocycles. The van der Waals surface area contributed by atoms with Crippen LogP contribution in [0.1, 0.15) is 54.7 Å². The third-order valence-corrected chi connectivity index (χ3v) is 5.85. The van der Waals surface area contributed by atoms with Gasteiger partial charge in [-0.1, -0.05) is 42.8 Å². The maximum atomic E-state index is 12.6. The van der Waals surface area contributed by atoms with Crippen molar-refractivity contribution in [2.75, 3.05) is 0 Å². The van der Waals surface area contributed by atoms with E-state index in [1.54, 1.807) is 12.4 Å². The molecular formula is C23H23N5O. The number of nitrogens with zero attached hydrogens (tertiary/aromatic N) is 4. The number of aromatic amines is 1. The van der Waals surface area contributed by atoms with Gasteiger partial charge in [0.05, 0.1) is 12.2 Å². The number of nitrogens with one attached hydrogen (secondary N) is 1. The van der Waals surface area contributed by atoms with Crippen LogP contribution >= 0.6 is 0 Å². The Kier molecular flexibility index (Phi) is 4.68. The van der Waals surface area contributed by atoms with E-state index in [1.165, 1.54) is 12.0 Å². The molecule has 1 saturated carbocycles. The first-order chi connectivity index (χ1) is 14.3. The van der Waals surface area contributed by atoms with Gasteiger partial charge in [0, 0.05) is 18.3 Å². The molecule has 0 spiro atoms. The number of aromatic nitrogens is 5. The van der Waals surface area contributed by atoms with Gasteiger partial charge in [0.1, 0.15) is 11.2 Å². The van der Waals surface area contributed by atoms with Crippen LogP contribution in [0.25, 0.3) is 11.0 Å². The summed E-state index contributed by atoms with van der Waals surface area (Å²) < 4.78 is 1.97. The summed E-state index contributed by atoms with van der Waals surface area (Å²) in [6.45, 7) is 0. The number of pyridine rings is 1. The van der Waals surface area contributed by atoms with Crippen LogP contribution in [-0.2, 0) is 6.42 Å². The molecule has 4 aromatic rings. The van der Waals surface area contributed by atoms with Crippen molar-refractivity contribution in [2.24, 2.45) is 0 Å². The van der Waals surface area contributed by atoms with Crippen LogP contribution in [0.4, 0.5) is 0 Å². The highest BCUT2D eigenvalue weighted by molar-refractivity contribution is 5.73. The largest absolute Gasteiger partial charge is 0.310 e. The highest BCUT2D eigenvalue weighted by atomic mass is 16.1. The third kappa shape index (κ3) is 3.58. The zero-order valence-electron chi connectivity index (χ0n) is 16.2. The van der Waals surface area contributed by atoms with Crippen LogP contribution in [0.15, 0.2) is 65.7 Å². The normalized spacial score (nSPS) is 19.4. The van der Waals surface area contributed by atoms with E-state index in [9.17, 15) is 4.79 Å². The Morgan fingerprint density at radius 1 is 1.07 bits per heavy atom. The van der Waals surface area contributed by atoms with Crippen molar-refractivity contribution < 1.29 is 0 Å². The second-order valence-corrected chi connectivity index (χ2v) is 7.76. The molecule has 1 fully saturated rings. The van der Waals surface area contributed by atoms with E-state index in [0.29, 0.717) is 29.2 Å². The maximum Gasteiger partial charge on any atom is 0.262 e. The van der Waals surface area contributed by atoms with Crippen LogP contribution in [0, 0.1) is 0 Å². The molecule has 1 aliphatic rings. The predicted octanol–water partition coefficient (Wildman–Crippen LogP) is 4.00. The van der Waals surface area contributed by atoms with Crippen molar-refractivity contribution in [1.82, 2.24) is 24.7 Å². The monoisotopic (exact) mass is 385 g/mol. The second kappa shape index (κ2) is 7.62. The van der Waals surface area contributed by atoms with Crippen molar-refractivity contribution in [3.63, 3.8) is 0 Å². The molecule has 0 aliphatic heterocycles. The van der Waals surface area contributed by atoms with Crippen molar-refractivity contribution in [3.05, 3.63) is 88.4 Å². The minimum Gasteiger partial charge on any atom is -0.310 e. The quantitative estimate of drug-likeness (QED) is 0.576. The molecule has 2 atom stereocenters. The summed E-state index contributed by atoms with van der Waals surface area (Å²) in [6.07, 6.45) is 8.32. The standard InChI is InChI=1S/C23H23N5O/c29-23-20-15-25-28(19-11-6-9-17(13-19)16-7-2-1-3-8-16)22(20)26-21(27-23)14-18-10-4-5-12-24-18/h1-5,7-8,10,12,15,17,19H,6,9,11,13-14H2,(H,26,27,29). The van der Waals surface area contributed by atoms with Gasteiger partial charge in [-0.25, -0.2) is 9.67 Å². The molecule has 0 bridgehead atoms. The van der Waals surface area contributed by atoms with Gasteiger partial charge in [-0.15, -0.1) is 0 Å². The molecule has 0 amide bonds. The lowest BCUT2D eigenvalue weighted by Crippen LogP contribution is -2.20. The summed E-state index contributed by atoms with van der Waals surface area (Å²) in [5.41, 5.74) is 2.80. The molecule has 5 rings (SSSR count). The topological polar surface area (TPSA) is 76.5 Å². The number of benzene rings is 1. The first-order valence-electron chi connectivity index (χ1n) is 10.2. The fraction of sp³-hybridized carbons (Fsp3) is 0.304. The summed E-state index contributed by atoms with van der Waals surface area (Å²) >= 11 is 0. The average Bonchev–Trinajstić information content (AvgIpc) is 3.20. The zero-order chi connectivity index (χ0) is 19.6. The molecule has 1 N–H and O–H groups in total. The van der Waals surface area contributed by atoms with Gasteiger partial charge in [-0.05, 0) is 42.9 Å². The van der Waals surface area contributed by atoms with Gasteiger partial charge < -0.3 is 4.98 Å². The first-order valence-corrected chi connectivity index (χ1v) is 10.2. The SMILES string of the molecule is O=c1[nH]c(Cc2ccccn2)nc2c1cnn2C1CCCC(c2ccccc2)C1. The molecule has 1 aliphatic carbocycles. The molecule has 29 heavy (non-hydrogen) atoms. The second-order valence-electron chi connectivity index (χ2n) is 7.76. The van der Waals surface area contributed by atoms with E-state index < -0.39 is 0 Å². The number of hydrogen-bond donors (Lipinski definition) is 1. The molecule has 3 heterocycles. The Hall–Kier alpha value is -3.28. The Morgan fingerprint density at radius 3 is 2.76 bits per heavy atom. The van der Waals surface area contributed by atoms with Crippen LogP contribution in [0.3, 0.4) is 0 Å². The number of hydrogen-bond acceptors (Lipinski definition) is 4. The van der Waals surface area contributed by atoms with E-state index in [-0.39, 0.29) is 11.6 Å². The Balaban J connectivity index is 1.47. The summed E-state index contributed by atoms with van der Waals surface area (Å²) in [5, 5.41) is 5.13. The van der Waals surface area contributed by atoms with Crippen molar-refractivity contribution in [1.29, 1.82) is 0 Å². The lowest BCUT2D eigenvalue weighted by Gasteiger charge is -2.29. The minimum atomic E-state index is -0.136. The molecule has 6 nitrogen and oxygen atoms in total. The lowest BCUT2D eigenvalue weighted by molar-refractivity contribution is 0.305. The zero-order valence-corrected chi connectivity index (χ0v) is 16.2. The molecule has 2 unspecified atom stereocenters. The van der Waals surface area contributed by atoms with Gasteiger partial charge in [0.25, 0.3) is 5.56 Å². The predicted molar refractivity (Wildman–Crippen MR) is 112 cm³/mol. The highest BCUT2D eigenvalue weighted by Gasteiger charge is 2.26. The highest BCUT2D eigenvalue weighted by Crippen LogP contribution is 2.39. The van der Waals surface area contributed by atoms with Crippen LogP contribution < -0.4 is 5.56 Å². The van der Waals surface area contributed by atoms with E-state index in [0.717, 1.165) is 25.0 Å². The van der Waals surface area contributed by atoms with Crippen molar-refractivity contribution in [2.45, 2.75) is 44.1 Å². The lowest BCUT2D eigenvalue weighted by atomic mass is 9.81. The molecule has 1 aromatic carbocycles.